The van der Waals surface area contributed by atoms with E-state index in [1.165, 1.54) is 5.56 Å². The van der Waals surface area contributed by atoms with Crippen LogP contribution in [0.3, 0.4) is 0 Å². The van der Waals surface area contributed by atoms with Crippen LogP contribution >= 0.6 is 0 Å². The number of hydrogen-bond donors (Lipinski definition) is 2. The SMILES string of the molecule is O=C1CN[C@@H](c2ccccc2)c2ccccc2N1. The highest BCUT2D eigenvalue weighted by atomic mass is 16.1. The van der Waals surface area contributed by atoms with Gasteiger partial charge < -0.3 is 5.32 Å². The number of benzene rings is 2. The molecule has 0 saturated heterocycles. The van der Waals surface area contributed by atoms with Crippen LogP contribution in [0.2, 0.25) is 0 Å². The minimum absolute atomic E-state index is 0.000816. The average molecular weight is 238 g/mol. The van der Waals surface area contributed by atoms with Crippen molar-refractivity contribution in [2.75, 3.05) is 11.9 Å². The van der Waals surface area contributed by atoms with E-state index in [1.54, 1.807) is 0 Å². The Morgan fingerprint density at radius 2 is 1.67 bits per heavy atom. The number of anilines is 1. The van der Waals surface area contributed by atoms with Crippen molar-refractivity contribution >= 4 is 11.6 Å². The molecule has 0 aliphatic carbocycles. The summed E-state index contributed by atoms with van der Waals surface area (Å²) in [4.78, 5) is 11.6. The number of rotatable bonds is 1. The molecule has 3 heteroatoms. The maximum Gasteiger partial charge on any atom is 0.238 e. The molecule has 0 bridgehead atoms. The second-order valence-corrected chi connectivity index (χ2v) is 4.36. The van der Waals surface area contributed by atoms with E-state index in [4.69, 9.17) is 0 Å². The fraction of sp³-hybridized carbons (Fsp3) is 0.133. The maximum atomic E-state index is 11.6. The number of carbonyl (C=O) groups excluding carboxylic acids is 1. The Bertz CT molecular complexity index is 566. The van der Waals surface area contributed by atoms with Crippen molar-refractivity contribution in [3.8, 4) is 0 Å². The molecular formula is C15H14N2O. The van der Waals surface area contributed by atoms with E-state index in [1.807, 2.05) is 42.5 Å². The zero-order valence-corrected chi connectivity index (χ0v) is 9.89. The van der Waals surface area contributed by atoms with E-state index in [2.05, 4.69) is 22.8 Å². The van der Waals surface area contributed by atoms with Gasteiger partial charge in [0.05, 0.1) is 12.6 Å². The van der Waals surface area contributed by atoms with Gasteiger partial charge >= 0.3 is 0 Å². The smallest absolute Gasteiger partial charge is 0.238 e. The zero-order valence-electron chi connectivity index (χ0n) is 9.89. The molecule has 2 aromatic rings. The predicted octanol–water partition coefficient (Wildman–Crippen LogP) is 2.32. The molecular weight excluding hydrogens is 224 g/mol. The molecule has 0 radical (unpaired) electrons. The summed E-state index contributed by atoms with van der Waals surface area (Å²) < 4.78 is 0. The van der Waals surface area contributed by atoms with Gasteiger partial charge in [-0.3, -0.25) is 10.1 Å². The number of amides is 1. The van der Waals surface area contributed by atoms with Gasteiger partial charge in [-0.25, -0.2) is 0 Å². The van der Waals surface area contributed by atoms with Crippen molar-refractivity contribution in [2.24, 2.45) is 0 Å². The molecule has 0 unspecified atom stereocenters. The number of para-hydroxylation sites is 1. The molecule has 2 aromatic carbocycles. The number of hydrogen-bond acceptors (Lipinski definition) is 2. The van der Waals surface area contributed by atoms with Crippen LogP contribution in [0.5, 0.6) is 0 Å². The number of fused-ring (bicyclic) bond motifs is 1. The summed E-state index contributed by atoms with van der Waals surface area (Å²) in [5.41, 5.74) is 3.16. The number of carbonyl (C=O) groups is 1. The molecule has 1 heterocycles. The summed E-state index contributed by atoms with van der Waals surface area (Å²) in [6, 6.07) is 18.1. The quantitative estimate of drug-likeness (QED) is 0.800. The average Bonchev–Trinajstić information content (AvgIpc) is 2.58. The van der Waals surface area contributed by atoms with Gasteiger partial charge in [-0.05, 0) is 17.2 Å². The van der Waals surface area contributed by atoms with Crippen LogP contribution in [-0.2, 0) is 4.79 Å². The molecule has 1 aliphatic heterocycles. The summed E-state index contributed by atoms with van der Waals surface area (Å²) in [7, 11) is 0. The van der Waals surface area contributed by atoms with Gasteiger partial charge in [0.2, 0.25) is 5.91 Å². The normalized spacial score (nSPS) is 18.7. The second kappa shape index (κ2) is 4.63. The van der Waals surface area contributed by atoms with Crippen molar-refractivity contribution in [3.63, 3.8) is 0 Å². The lowest BCUT2D eigenvalue weighted by Gasteiger charge is -2.18. The van der Waals surface area contributed by atoms with Crippen molar-refractivity contribution in [2.45, 2.75) is 6.04 Å². The molecule has 0 spiro atoms. The van der Waals surface area contributed by atoms with Crippen LogP contribution in [0.4, 0.5) is 5.69 Å². The largest absolute Gasteiger partial charge is 0.325 e. The lowest BCUT2D eigenvalue weighted by atomic mass is 9.97. The first-order valence-electron chi connectivity index (χ1n) is 6.02. The molecule has 3 nitrogen and oxygen atoms in total. The lowest BCUT2D eigenvalue weighted by molar-refractivity contribution is -0.115. The van der Waals surface area contributed by atoms with Crippen molar-refractivity contribution in [3.05, 3.63) is 65.7 Å². The summed E-state index contributed by atoms with van der Waals surface area (Å²) in [5.74, 6) is 0.000816. The van der Waals surface area contributed by atoms with Crippen molar-refractivity contribution in [1.82, 2.24) is 5.32 Å². The maximum absolute atomic E-state index is 11.6. The Hall–Kier alpha value is -2.13. The Morgan fingerprint density at radius 1 is 0.944 bits per heavy atom. The van der Waals surface area contributed by atoms with Gasteiger partial charge in [0.1, 0.15) is 0 Å². The Morgan fingerprint density at radius 3 is 2.50 bits per heavy atom. The van der Waals surface area contributed by atoms with E-state index < -0.39 is 0 Å². The highest BCUT2D eigenvalue weighted by molar-refractivity contribution is 5.94. The van der Waals surface area contributed by atoms with Gasteiger partial charge in [0.25, 0.3) is 0 Å². The minimum Gasteiger partial charge on any atom is -0.325 e. The zero-order chi connectivity index (χ0) is 12.4. The standard InChI is InChI=1S/C15H14N2O/c18-14-10-16-15(11-6-2-1-3-7-11)12-8-4-5-9-13(12)17-14/h1-9,15-16H,10H2,(H,17,18)/t15-/m0/s1. The fourth-order valence-electron chi connectivity index (χ4n) is 2.30. The number of nitrogens with one attached hydrogen (secondary N) is 2. The van der Waals surface area contributed by atoms with Crippen LogP contribution in [0.1, 0.15) is 17.2 Å². The Kier molecular flexibility index (Phi) is 2.82. The Balaban J connectivity index is 2.08. The third kappa shape index (κ3) is 2.00. The van der Waals surface area contributed by atoms with Crippen LogP contribution in [-0.4, -0.2) is 12.5 Å². The molecule has 3 rings (SSSR count). The lowest BCUT2D eigenvalue weighted by Crippen LogP contribution is -2.27. The monoisotopic (exact) mass is 238 g/mol. The minimum atomic E-state index is 0.000816. The van der Waals surface area contributed by atoms with Gasteiger partial charge in [-0.2, -0.15) is 0 Å². The topological polar surface area (TPSA) is 41.1 Å². The third-order valence-electron chi connectivity index (χ3n) is 3.15. The first-order chi connectivity index (χ1) is 8.84. The first kappa shape index (κ1) is 11.0. The molecule has 0 aromatic heterocycles. The molecule has 90 valence electrons. The Labute approximate surface area is 106 Å². The van der Waals surface area contributed by atoms with E-state index in [0.29, 0.717) is 6.54 Å². The fourth-order valence-corrected chi connectivity index (χ4v) is 2.30. The first-order valence-corrected chi connectivity index (χ1v) is 6.02. The van der Waals surface area contributed by atoms with Crippen LogP contribution < -0.4 is 10.6 Å². The summed E-state index contributed by atoms with van der Waals surface area (Å²) in [6.07, 6.45) is 0. The van der Waals surface area contributed by atoms with Crippen LogP contribution in [0, 0.1) is 0 Å². The van der Waals surface area contributed by atoms with E-state index >= 15 is 0 Å². The summed E-state index contributed by atoms with van der Waals surface area (Å²) in [6.45, 7) is 0.328. The van der Waals surface area contributed by atoms with Crippen LogP contribution in [0.15, 0.2) is 54.6 Å². The highest BCUT2D eigenvalue weighted by Gasteiger charge is 2.21. The van der Waals surface area contributed by atoms with Crippen LogP contribution in [0.25, 0.3) is 0 Å². The molecule has 2 N–H and O–H groups in total. The van der Waals surface area contributed by atoms with E-state index in [9.17, 15) is 4.79 Å². The van der Waals surface area contributed by atoms with Gasteiger partial charge in [-0.1, -0.05) is 48.5 Å². The van der Waals surface area contributed by atoms with E-state index in [0.717, 1.165) is 11.3 Å². The molecule has 0 saturated carbocycles. The van der Waals surface area contributed by atoms with Gasteiger partial charge in [0, 0.05) is 5.69 Å². The molecule has 0 fully saturated rings. The molecule has 1 amide bonds. The van der Waals surface area contributed by atoms with Crippen molar-refractivity contribution in [1.29, 1.82) is 0 Å². The van der Waals surface area contributed by atoms with Crippen molar-refractivity contribution < 1.29 is 4.79 Å². The van der Waals surface area contributed by atoms with E-state index in [-0.39, 0.29) is 11.9 Å². The molecule has 1 atom stereocenters. The molecule has 1 aliphatic rings. The highest BCUT2D eigenvalue weighted by Crippen LogP contribution is 2.29. The predicted molar refractivity (Wildman–Crippen MR) is 71.4 cm³/mol. The second-order valence-electron chi connectivity index (χ2n) is 4.36. The third-order valence-corrected chi connectivity index (χ3v) is 3.15. The summed E-state index contributed by atoms with van der Waals surface area (Å²) in [5, 5.41) is 6.21. The summed E-state index contributed by atoms with van der Waals surface area (Å²) >= 11 is 0. The van der Waals surface area contributed by atoms with Gasteiger partial charge in [-0.15, -0.1) is 0 Å². The molecule has 18 heavy (non-hydrogen) atoms. The van der Waals surface area contributed by atoms with Gasteiger partial charge in [0.15, 0.2) is 0 Å².